The molecule has 1 aromatic rings. The first-order chi connectivity index (χ1) is 8.61. The minimum atomic E-state index is -0.639. The predicted molar refractivity (Wildman–Crippen MR) is 67.2 cm³/mol. The van der Waals surface area contributed by atoms with Gasteiger partial charge in [-0.25, -0.2) is 0 Å². The molecule has 0 aromatic heterocycles. The molecule has 98 valence electrons. The van der Waals surface area contributed by atoms with Crippen molar-refractivity contribution in [2.24, 2.45) is 0 Å². The van der Waals surface area contributed by atoms with Gasteiger partial charge in [0.15, 0.2) is 0 Å². The Bertz CT molecular complexity index is 384. The van der Waals surface area contributed by atoms with Crippen LogP contribution in [0.15, 0.2) is 24.3 Å². The van der Waals surface area contributed by atoms with Gasteiger partial charge >= 0.3 is 0 Å². The lowest BCUT2D eigenvalue weighted by molar-refractivity contribution is 0.101. The fraction of sp³-hybridized carbons (Fsp3) is 0.462. The molecule has 18 heavy (non-hydrogen) atoms. The van der Waals surface area contributed by atoms with E-state index in [0.717, 1.165) is 0 Å². The number of hydrogen-bond donors (Lipinski definition) is 3. The van der Waals surface area contributed by atoms with E-state index in [9.17, 15) is 5.11 Å². The van der Waals surface area contributed by atoms with Crippen LogP contribution in [0, 0.1) is 11.3 Å². The summed E-state index contributed by atoms with van der Waals surface area (Å²) in [4.78, 5) is 0. The third kappa shape index (κ3) is 5.64. The van der Waals surface area contributed by atoms with Crippen LogP contribution in [0.1, 0.15) is 12.5 Å². The molecule has 0 aliphatic carbocycles. The van der Waals surface area contributed by atoms with Gasteiger partial charge in [-0.1, -0.05) is 0 Å². The van der Waals surface area contributed by atoms with Gasteiger partial charge in [0.1, 0.15) is 18.5 Å². The Hall–Kier alpha value is -1.61. The Balaban J connectivity index is 2.25. The third-order valence-electron chi connectivity index (χ3n) is 2.25. The molecule has 0 spiro atoms. The van der Waals surface area contributed by atoms with Crippen molar-refractivity contribution in [2.45, 2.75) is 19.1 Å². The van der Waals surface area contributed by atoms with Crippen molar-refractivity contribution in [2.75, 3.05) is 19.7 Å². The molecule has 2 unspecified atom stereocenters. The number of aliphatic hydroxyl groups excluding tert-OH is 2. The molecule has 5 heteroatoms. The van der Waals surface area contributed by atoms with Gasteiger partial charge < -0.3 is 20.3 Å². The second-order valence-corrected chi connectivity index (χ2v) is 4.11. The fourth-order valence-electron chi connectivity index (χ4n) is 1.34. The van der Waals surface area contributed by atoms with Gasteiger partial charge in [0.2, 0.25) is 0 Å². The largest absolute Gasteiger partial charge is 0.491 e. The topological polar surface area (TPSA) is 85.5 Å². The average Bonchev–Trinajstić information content (AvgIpc) is 2.36. The molecule has 0 bridgehead atoms. The maximum atomic E-state index is 9.60. The number of nitriles is 1. The van der Waals surface area contributed by atoms with Crippen LogP contribution in [0.2, 0.25) is 0 Å². The van der Waals surface area contributed by atoms with Gasteiger partial charge in [0, 0.05) is 13.1 Å². The summed E-state index contributed by atoms with van der Waals surface area (Å²) in [7, 11) is 0. The highest BCUT2D eigenvalue weighted by atomic mass is 16.5. The smallest absolute Gasteiger partial charge is 0.119 e. The van der Waals surface area contributed by atoms with E-state index >= 15 is 0 Å². The monoisotopic (exact) mass is 250 g/mol. The lowest BCUT2D eigenvalue weighted by Crippen LogP contribution is -2.35. The molecule has 1 aromatic carbocycles. The molecule has 5 nitrogen and oxygen atoms in total. The lowest BCUT2D eigenvalue weighted by Gasteiger charge is -2.14. The maximum Gasteiger partial charge on any atom is 0.119 e. The number of ether oxygens (including phenoxy) is 1. The molecule has 1 rings (SSSR count). The van der Waals surface area contributed by atoms with E-state index in [4.69, 9.17) is 15.1 Å². The third-order valence-corrected chi connectivity index (χ3v) is 2.25. The van der Waals surface area contributed by atoms with Crippen molar-refractivity contribution in [3.8, 4) is 11.8 Å². The first-order valence-corrected chi connectivity index (χ1v) is 5.81. The summed E-state index contributed by atoms with van der Waals surface area (Å²) in [6.07, 6.45) is -1.07. The summed E-state index contributed by atoms with van der Waals surface area (Å²) in [6, 6.07) is 8.72. The van der Waals surface area contributed by atoms with E-state index in [1.807, 2.05) is 6.07 Å². The maximum absolute atomic E-state index is 9.60. The van der Waals surface area contributed by atoms with E-state index in [1.54, 1.807) is 31.2 Å². The number of benzene rings is 1. The first kappa shape index (κ1) is 14.5. The first-order valence-electron chi connectivity index (χ1n) is 5.81. The summed E-state index contributed by atoms with van der Waals surface area (Å²) in [6.45, 7) is 2.64. The summed E-state index contributed by atoms with van der Waals surface area (Å²) in [5, 5.41) is 30.2. The van der Waals surface area contributed by atoms with Crippen molar-refractivity contribution >= 4 is 0 Å². The molecule has 0 heterocycles. The predicted octanol–water partition coefficient (Wildman–Crippen LogP) is 0.268. The lowest BCUT2D eigenvalue weighted by atomic mass is 10.2. The van der Waals surface area contributed by atoms with Crippen LogP contribution < -0.4 is 10.1 Å². The summed E-state index contributed by atoms with van der Waals surface area (Å²) >= 11 is 0. The zero-order valence-electron chi connectivity index (χ0n) is 10.3. The SMILES string of the molecule is CC(O)CNCC(O)COc1ccc(C#N)cc1. The molecule has 2 atom stereocenters. The number of hydrogen-bond acceptors (Lipinski definition) is 5. The normalized spacial score (nSPS) is 13.7. The second-order valence-electron chi connectivity index (χ2n) is 4.11. The zero-order chi connectivity index (χ0) is 13.4. The van der Waals surface area contributed by atoms with Crippen molar-refractivity contribution in [3.05, 3.63) is 29.8 Å². The Morgan fingerprint density at radius 2 is 1.94 bits per heavy atom. The number of nitrogens with zero attached hydrogens (tertiary/aromatic N) is 1. The van der Waals surface area contributed by atoms with Crippen LogP contribution >= 0.6 is 0 Å². The van der Waals surface area contributed by atoms with Crippen LogP contribution in [0.25, 0.3) is 0 Å². The van der Waals surface area contributed by atoms with Crippen molar-refractivity contribution in [1.82, 2.24) is 5.32 Å². The minimum Gasteiger partial charge on any atom is -0.491 e. The zero-order valence-corrected chi connectivity index (χ0v) is 10.3. The molecular formula is C13H18N2O3. The number of rotatable bonds is 7. The quantitative estimate of drug-likeness (QED) is 0.646. The van der Waals surface area contributed by atoms with Crippen LogP contribution in [-0.2, 0) is 0 Å². The van der Waals surface area contributed by atoms with Gasteiger partial charge in [-0.2, -0.15) is 5.26 Å². The van der Waals surface area contributed by atoms with E-state index in [2.05, 4.69) is 5.32 Å². The standard InChI is InChI=1S/C13H18N2O3/c1-10(16)7-15-8-12(17)9-18-13-4-2-11(6-14)3-5-13/h2-5,10,12,15-17H,7-9H2,1H3. The number of nitrogens with one attached hydrogen (secondary N) is 1. The van der Waals surface area contributed by atoms with Crippen molar-refractivity contribution < 1.29 is 14.9 Å². The van der Waals surface area contributed by atoms with E-state index in [1.165, 1.54) is 0 Å². The van der Waals surface area contributed by atoms with Gasteiger partial charge in [0.05, 0.1) is 17.7 Å². The van der Waals surface area contributed by atoms with Gasteiger partial charge in [-0.15, -0.1) is 0 Å². The Morgan fingerprint density at radius 3 is 2.50 bits per heavy atom. The van der Waals surface area contributed by atoms with Crippen molar-refractivity contribution in [1.29, 1.82) is 5.26 Å². The van der Waals surface area contributed by atoms with Crippen LogP contribution in [0.3, 0.4) is 0 Å². The van der Waals surface area contributed by atoms with Gasteiger partial charge in [-0.3, -0.25) is 0 Å². The highest BCUT2D eigenvalue weighted by Crippen LogP contribution is 2.11. The molecular weight excluding hydrogens is 232 g/mol. The van der Waals surface area contributed by atoms with Crippen LogP contribution in [0.4, 0.5) is 0 Å². The van der Waals surface area contributed by atoms with E-state index < -0.39 is 12.2 Å². The average molecular weight is 250 g/mol. The molecule has 0 saturated carbocycles. The van der Waals surface area contributed by atoms with Gasteiger partial charge in [0.25, 0.3) is 0 Å². The molecule has 3 N–H and O–H groups in total. The summed E-state index contributed by atoms with van der Waals surface area (Å²) in [5.41, 5.74) is 0.571. The highest BCUT2D eigenvalue weighted by molar-refractivity contribution is 5.34. The Kier molecular flexibility index (Phi) is 6.15. The molecule has 0 radical (unpaired) electrons. The van der Waals surface area contributed by atoms with E-state index in [-0.39, 0.29) is 6.61 Å². The Labute approximate surface area is 107 Å². The molecule has 0 saturated heterocycles. The number of aliphatic hydroxyl groups is 2. The van der Waals surface area contributed by atoms with Gasteiger partial charge in [-0.05, 0) is 31.2 Å². The highest BCUT2D eigenvalue weighted by Gasteiger charge is 2.05. The molecule has 0 fully saturated rings. The summed E-state index contributed by atoms with van der Waals surface area (Å²) in [5.74, 6) is 0.614. The second kappa shape index (κ2) is 7.67. The molecule has 0 aliphatic heterocycles. The van der Waals surface area contributed by atoms with Crippen LogP contribution in [-0.4, -0.2) is 42.1 Å². The van der Waals surface area contributed by atoms with Crippen molar-refractivity contribution in [3.63, 3.8) is 0 Å². The Morgan fingerprint density at radius 1 is 1.28 bits per heavy atom. The fourth-order valence-corrected chi connectivity index (χ4v) is 1.34. The molecule has 0 aliphatic rings. The van der Waals surface area contributed by atoms with E-state index in [0.29, 0.717) is 24.4 Å². The minimum absolute atomic E-state index is 0.165. The molecule has 0 amide bonds. The summed E-state index contributed by atoms with van der Waals surface area (Å²) < 4.78 is 5.36. The van der Waals surface area contributed by atoms with Crippen LogP contribution in [0.5, 0.6) is 5.75 Å².